The number of anilines is 1. The van der Waals surface area contributed by atoms with E-state index in [0.717, 1.165) is 27.5 Å². The predicted octanol–water partition coefficient (Wildman–Crippen LogP) is 4.54. The third-order valence-electron chi connectivity index (χ3n) is 5.00. The van der Waals surface area contributed by atoms with E-state index in [1.54, 1.807) is 19.2 Å². The third kappa shape index (κ3) is 3.62. The number of hydroxylamine groups is 2. The second-order valence-electron chi connectivity index (χ2n) is 6.87. The van der Waals surface area contributed by atoms with Crippen LogP contribution in [-0.2, 0) is 6.61 Å². The number of nitrogens with zero attached hydrogens (tertiary/aromatic N) is 1. The predicted molar refractivity (Wildman–Crippen MR) is 109 cm³/mol. The van der Waals surface area contributed by atoms with E-state index in [-0.39, 0.29) is 0 Å². The summed E-state index contributed by atoms with van der Waals surface area (Å²) in [7, 11) is 1.60. The first kappa shape index (κ1) is 18.8. The number of hydrogen-bond donors (Lipinski definition) is 2. The van der Waals surface area contributed by atoms with Crippen molar-refractivity contribution in [2.75, 3.05) is 12.4 Å². The molecule has 2 N–H and O–H groups in total. The zero-order valence-corrected chi connectivity index (χ0v) is 16.3. The lowest BCUT2D eigenvalue weighted by Gasteiger charge is -2.33. The number of fused-ring (bicyclic) bond motifs is 1. The van der Waals surface area contributed by atoms with Crippen LogP contribution in [0.1, 0.15) is 33.2 Å². The van der Waals surface area contributed by atoms with Crippen molar-refractivity contribution in [3.63, 3.8) is 0 Å². The van der Waals surface area contributed by atoms with Crippen molar-refractivity contribution in [1.29, 1.82) is 0 Å². The van der Waals surface area contributed by atoms with E-state index in [2.05, 4.69) is 5.32 Å². The molecule has 6 heteroatoms. The molecule has 0 aliphatic carbocycles. The van der Waals surface area contributed by atoms with Crippen LogP contribution in [0.25, 0.3) is 0 Å². The van der Waals surface area contributed by atoms with Gasteiger partial charge in [-0.25, -0.2) is 0 Å². The molecule has 1 atom stereocenters. The van der Waals surface area contributed by atoms with Crippen molar-refractivity contribution in [2.24, 2.45) is 0 Å². The minimum Gasteiger partial charge on any atom is -0.496 e. The van der Waals surface area contributed by atoms with Crippen LogP contribution in [0.3, 0.4) is 0 Å². The lowest BCUT2D eigenvalue weighted by molar-refractivity contribution is -0.0851. The number of carbonyl (C=O) groups is 1. The van der Waals surface area contributed by atoms with Gasteiger partial charge in [-0.3, -0.25) is 10.0 Å². The molecule has 3 aromatic rings. The fourth-order valence-corrected chi connectivity index (χ4v) is 3.42. The van der Waals surface area contributed by atoms with Crippen LogP contribution in [0.15, 0.2) is 66.7 Å². The quantitative estimate of drug-likeness (QED) is 0.626. The number of aryl methyl sites for hydroxylation is 1. The van der Waals surface area contributed by atoms with Gasteiger partial charge in [0.15, 0.2) is 6.17 Å². The topological polar surface area (TPSA) is 71.0 Å². The van der Waals surface area contributed by atoms with Gasteiger partial charge in [-0.05, 0) is 48.4 Å². The molecule has 0 aromatic heterocycles. The summed E-state index contributed by atoms with van der Waals surface area (Å²) < 4.78 is 11.4. The highest BCUT2D eigenvalue weighted by molar-refractivity contribution is 6.01. The summed E-state index contributed by atoms with van der Waals surface area (Å²) in [5.74, 6) is 1.02. The Morgan fingerprint density at radius 1 is 1.03 bits per heavy atom. The highest BCUT2D eigenvalue weighted by atomic mass is 16.5. The molecule has 0 spiro atoms. The second-order valence-corrected chi connectivity index (χ2v) is 6.87. The van der Waals surface area contributed by atoms with Crippen LogP contribution in [0, 0.1) is 6.92 Å². The lowest BCUT2D eigenvalue weighted by atomic mass is 10.0. The van der Waals surface area contributed by atoms with E-state index in [4.69, 9.17) is 9.47 Å². The molecule has 1 aliphatic rings. The number of nitrogens with one attached hydrogen (secondary N) is 1. The first-order valence-electron chi connectivity index (χ1n) is 9.31. The minimum atomic E-state index is -0.708. The van der Waals surface area contributed by atoms with Crippen molar-refractivity contribution in [2.45, 2.75) is 19.7 Å². The molecule has 0 radical (unpaired) electrons. The fraction of sp³-hybridized carbons (Fsp3) is 0.174. The number of rotatable bonds is 5. The average Bonchev–Trinajstić information content (AvgIpc) is 2.75. The average molecular weight is 390 g/mol. The Kier molecular flexibility index (Phi) is 5.10. The van der Waals surface area contributed by atoms with E-state index in [9.17, 15) is 10.0 Å². The normalized spacial score (nSPS) is 15.5. The van der Waals surface area contributed by atoms with Crippen molar-refractivity contribution in [3.8, 4) is 11.5 Å². The van der Waals surface area contributed by atoms with E-state index in [1.165, 1.54) is 0 Å². The molecule has 1 aliphatic heterocycles. The van der Waals surface area contributed by atoms with E-state index in [1.807, 2.05) is 61.5 Å². The fourth-order valence-electron chi connectivity index (χ4n) is 3.42. The van der Waals surface area contributed by atoms with Gasteiger partial charge in [0, 0.05) is 11.3 Å². The number of carbonyl (C=O) groups excluding carboxylic acids is 1. The number of methoxy groups -OCH3 is 1. The number of hydrogen-bond acceptors (Lipinski definition) is 5. The van der Waals surface area contributed by atoms with Gasteiger partial charge in [0.2, 0.25) is 0 Å². The zero-order valence-electron chi connectivity index (χ0n) is 16.3. The Labute approximate surface area is 169 Å². The molecule has 3 aromatic carbocycles. The summed E-state index contributed by atoms with van der Waals surface area (Å²) in [6, 6.07) is 20.4. The Hall–Kier alpha value is -3.51. The van der Waals surface area contributed by atoms with Crippen LogP contribution in [-0.4, -0.2) is 23.3 Å². The molecule has 0 bridgehead atoms. The second kappa shape index (κ2) is 7.85. The number of amides is 1. The lowest BCUT2D eigenvalue weighted by Crippen LogP contribution is -2.40. The molecule has 148 valence electrons. The molecule has 6 nitrogen and oxygen atoms in total. The van der Waals surface area contributed by atoms with Crippen molar-refractivity contribution < 1.29 is 19.5 Å². The molecular weight excluding hydrogens is 368 g/mol. The van der Waals surface area contributed by atoms with Crippen LogP contribution >= 0.6 is 0 Å². The molecule has 1 heterocycles. The molecule has 29 heavy (non-hydrogen) atoms. The highest BCUT2D eigenvalue weighted by Gasteiger charge is 2.32. The Balaban J connectivity index is 1.63. The van der Waals surface area contributed by atoms with Crippen LogP contribution in [0.4, 0.5) is 5.69 Å². The van der Waals surface area contributed by atoms with Crippen LogP contribution in [0.5, 0.6) is 11.5 Å². The van der Waals surface area contributed by atoms with Crippen molar-refractivity contribution in [1.82, 2.24) is 5.06 Å². The first-order valence-corrected chi connectivity index (χ1v) is 9.31. The maximum atomic E-state index is 12.5. The summed E-state index contributed by atoms with van der Waals surface area (Å²) in [6.45, 7) is 2.28. The van der Waals surface area contributed by atoms with Gasteiger partial charge in [-0.2, -0.15) is 5.06 Å². The molecule has 1 amide bonds. The maximum absolute atomic E-state index is 12.5. The molecule has 0 saturated carbocycles. The minimum absolute atomic E-state index is 0.296. The Bertz CT molecular complexity index is 1050. The highest BCUT2D eigenvalue weighted by Crippen LogP contribution is 2.34. The summed E-state index contributed by atoms with van der Waals surface area (Å²) in [5, 5.41) is 14.4. The van der Waals surface area contributed by atoms with E-state index in [0.29, 0.717) is 23.6 Å². The summed E-state index contributed by atoms with van der Waals surface area (Å²) >= 11 is 0. The van der Waals surface area contributed by atoms with Gasteiger partial charge < -0.3 is 14.8 Å². The van der Waals surface area contributed by atoms with Crippen LogP contribution in [0.2, 0.25) is 0 Å². The number of ether oxygens (including phenoxy) is 2. The first-order chi connectivity index (χ1) is 14.1. The summed E-state index contributed by atoms with van der Waals surface area (Å²) in [4.78, 5) is 12.5. The monoisotopic (exact) mass is 390 g/mol. The van der Waals surface area contributed by atoms with Gasteiger partial charge in [-0.15, -0.1) is 0 Å². The van der Waals surface area contributed by atoms with Crippen LogP contribution < -0.4 is 14.8 Å². The molecule has 4 rings (SSSR count). The Morgan fingerprint density at radius 2 is 1.79 bits per heavy atom. The van der Waals surface area contributed by atoms with Gasteiger partial charge in [0.05, 0.1) is 12.7 Å². The third-order valence-corrected chi connectivity index (χ3v) is 5.00. The SMILES string of the molecule is COc1ccc(C2Nc3ccccc3C(=O)N2O)cc1COc1ccccc1C. The maximum Gasteiger partial charge on any atom is 0.281 e. The molecule has 0 saturated heterocycles. The van der Waals surface area contributed by atoms with E-state index >= 15 is 0 Å². The zero-order chi connectivity index (χ0) is 20.4. The molecular formula is C23H22N2O4. The van der Waals surface area contributed by atoms with Gasteiger partial charge in [-0.1, -0.05) is 36.4 Å². The summed E-state index contributed by atoms with van der Waals surface area (Å²) in [5.41, 5.74) is 3.69. The van der Waals surface area contributed by atoms with Gasteiger partial charge in [0.25, 0.3) is 5.91 Å². The largest absolute Gasteiger partial charge is 0.496 e. The van der Waals surface area contributed by atoms with Crippen molar-refractivity contribution >= 4 is 11.6 Å². The Morgan fingerprint density at radius 3 is 2.59 bits per heavy atom. The smallest absolute Gasteiger partial charge is 0.281 e. The van der Waals surface area contributed by atoms with E-state index < -0.39 is 12.1 Å². The number of para-hydroxylation sites is 2. The van der Waals surface area contributed by atoms with Crippen molar-refractivity contribution in [3.05, 3.63) is 89.0 Å². The molecule has 0 fully saturated rings. The van der Waals surface area contributed by atoms with Gasteiger partial charge >= 0.3 is 0 Å². The number of benzene rings is 3. The molecule has 1 unspecified atom stereocenters. The van der Waals surface area contributed by atoms with Gasteiger partial charge in [0.1, 0.15) is 18.1 Å². The summed E-state index contributed by atoms with van der Waals surface area (Å²) in [6.07, 6.45) is -0.708. The standard InChI is InChI=1S/C23H22N2O4/c1-15-7-3-6-10-20(15)29-14-17-13-16(11-12-21(17)28-2)22-24-19-9-5-4-8-18(19)23(26)25(22)27/h3-13,22,24,27H,14H2,1-2H3.